The van der Waals surface area contributed by atoms with E-state index in [0.717, 1.165) is 38.5 Å². The van der Waals surface area contributed by atoms with Gasteiger partial charge in [-0.25, -0.2) is 9.97 Å². The summed E-state index contributed by atoms with van der Waals surface area (Å²) in [5, 5.41) is 4.53. The van der Waals surface area contributed by atoms with Crippen molar-refractivity contribution >= 4 is 5.95 Å². The Morgan fingerprint density at radius 1 is 1.22 bits per heavy atom. The van der Waals surface area contributed by atoms with Crippen LogP contribution in [0.3, 0.4) is 0 Å². The van der Waals surface area contributed by atoms with E-state index in [1.54, 1.807) is 0 Å². The molecule has 3 aliphatic rings. The average molecular weight is 364 g/mol. The summed E-state index contributed by atoms with van der Waals surface area (Å²) in [6, 6.07) is 1.04. The van der Waals surface area contributed by atoms with Crippen molar-refractivity contribution in [1.82, 2.24) is 24.6 Å². The molecule has 0 N–H and O–H groups in total. The highest BCUT2D eigenvalue weighted by atomic mass is 15.3. The Labute approximate surface area is 160 Å². The third-order valence-corrected chi connectivity index (χ3v) is 6.57. The maximum Gasteiger partial charge on any atom is 0.225 e. The summed E-state index contributed by atoms with van der Waals surface area (Å²) in [5.74, 6) is 0.945. The first kappa shape index (κ1) is 16.9. The lowest BCUT2D eigenvalue weighted by Gasteiger charge is -2.35. The van der Waals surface area contributed by atoms with E-state index in [9.17, 15) is 0 Å². The molecule has 142 valence electrons. The van der Waals surface area contributed by atoms with Gasteiger partial charge in [-0.05, 0) is 32.6 Å². The molecule has 5 heterocycles. The average Bonchev–Trinajstić information content (AvgIpc) is 3.38. The standard InChI is InChI=1S/C21H28N6/c1-3-8-27-15(2)16(12-23-27)14-26-17-6-7-20(26)18-13-22-21(24-19(18)11-17)25-9-4-5-10-25/h3,12-13,17,20H,1,4-11,14H2,2H3. The second-order valence-corrected chi connectivity index (χ2v) is 8.12. The molecular formula is C21H28N6. The van der Waals surface area contributed by atoms with Gasteiger partial charge in [0.25, 0.3) is 0 Å². The van der Waals surface area contributed by atoms with Gasteiger partial charge in [0.15, 0.2) is 0 Å². The zero-order valence-electron chi connectivity index (χ0n) is 16.1. The second-order valence-electron chi connectivity index (χ2n) is 8.12. The number of hydrogen-bond donors (Lipinski definition) is 0. The van der Waals surface area contributed by atoms with Crippen molar-refractivity contribution in [2.75, 3.05) is 18.0 Å². The first-order chi connectivity index (χ1) is 13.2. The molecule has 27 heavy (non-hydrogen) atoms. The minimum atomic E-state index is 0.452. The smallest absolute Gasteiger partial charge is 0.225 e. The summed E-state index contributed by atoms with van der Waals surface area (Å²) < 4.78 is 2.04. The zero-order valence-corrected chi connectivity index (χ0v) is 16.1. The molecule has 0 saturated carbocycles. The lowest BCUT2D eigenvalue weighted by Crippen LogP contribution is -2.38. The summed E-state index contributed by atoms with van der Waals surface area (Å²) in [6.45, 7) is 9.93. The molecule has 6 nitrogen and oxygen atoms in total. The van der Waals surface area contributed by atoms with Gasteiger partial charge < -0.3 is 4.90 Å². The van der Waals surface area contributed by atoms with Crippen LogP contribution in [0.15, 0.2) is 25.0 Å². The molecule has 0 spiro atoms. The maximum atomic E-state index is 4.98. The van der Waals surface area contributed by atoms with Crippen LogP contribution in [0.4, 0.5) is 5.95 Å². The van der Waals surface area contributed by atoms with Gasteiger partial charge in [-0.15, -0.1) is 6.58 Å². The van der Waals surface area contributed by atoms with Gasteiger partial charge in [0.2, 0.25) is 5.95 Å². The van der Waals surface area contributed by atoms with E-state index in [2.05, 4.69) is 34.6 Å². The van der Waals surface area contributed by atoms with Crippen molar-refractivity contribution in [3.63, 3.8) is 0 Å². The Morgan fingerprint density at radius 3 is 2.89 bits per heavy atom. The quantitative estimate of drug-likeness (QED) is 0.764. The summed E-state index contributed by atoms with van der Waals surface area (Å²) in [6.07, 6.45) is 12.1. The second kappa shape index (κ2) is 6.75. The molecule has 0 aliphatic carbocycles. The van der Waals surface area contributed by atoms with Crippen molar-refractivity contribution in [1.29, 1.82) is 0 Å². The van der Waals surface area contributed by atoms with E-state index in [1.807, 2.05) is 17.0 Å². The third kappa shape index (κ3) is 2.87. The van der Waals surface area contributed by atoms with E-state index in [0.29, 0.717) is 12.1 Å². The highest BCUT2D eigenvalue weighted by molar-refractivity contribution is 5.38. The number of rotatable bonds is 5. The summed E-state index contributed by atoms with van der Waals surface area (Å²) in [5.41, 5.74) is 5.21. The van der Waals surface area contributed by atoms with E-state index >= 15 is 0 Å². The van der Waals surface area contributed by atoms with Crippen LogP contribution in [0.5, 0.6) is 0 Å². The van der Waals surface area contributed by atoms with Gasteiger partial charge in [0.05, 0.1) is 18.4 Å². The zero-order chi connectivity index (χ0) is 18.4. The summed E-state index contributed by atoms with van der Waals surface area (Å²) >= 11 is 0. The molecular weight excluding hydrogens is 336 g/mol. The fraction of sp³-hybridized carbons (Fsp3) is 0.571. The van der Waals surface area contributed by atoms with Gasteiger partial charge in [-0.2, -0.15) is 5.10 Å². The maximum absolute atomic E-state index is 4.98. The fourth-order valence-electron chi connectivity index (χ4n) is 5.02. The van der Waals surface area contributed by atoms with Gasteiger partial charge in [0, 0.05) is 61.2 Å². The number of anilines is 1. The Bertz CT molecular complexity index is 850. The molecule has 2 atom stereocenters. The molecule has 6 heteroatoms. The Balaban J connectivity index is 1.39. The van der Waals surface area contributed by atoms with Gasteiger partial charge in [0.1, 0.15) is 0 Å². The Morgan fingerprint density at radius 2 is 2.07 bits per heavy atom. The largest absolute Gasteiger partial charge is 0.341 e. The predicted molar refractivity (Wildman–Crippen MR) is 106 cm³/mol. The van der Waals surface area contributed by atoms with Crippen molar-refractivity contribution in [2.24, 2.45) is 0 Å². The number of allylic oxidation sites excluding steroid dienone is 1. The van der Waals surface area contributed by atoms with Crippen LogP contribution in [0.1, 0.15) is 54.2 Å². The SMILES string of the molecule is C=CCn1ncc(CN2C3CCC2c2cnc(N4CCCC4)nc2C3)c1C. The highest BCUT2D eigenvalue weighted by Gasteiger charge is 2.41. The molecule has 0 radical (unpaired) electrons. The number of aromatic nitrogens is 4. The van der Waals surface area contributed by atoms with E-state index in [4.69, 9.17) is 9.97 Å². The predicted octanol–water partition coefficient (Wildman–Crippen LogP) is 3.03. The lowest BCUT2D eigenvalue weighted by molar-refractivity contribution is 0.166. The third-order valence-electron chi connectivity index (χ3n) is 6.57. The fourth-order valence-corrected chi connectivity index (χ4v) is 5.02. The van der Waals surface area contributed by atoms with Gasteiger partial charge >= 0.3 is 0 Å². The van der Waals surface area contributed by atoms with E-state index < -0.39 is 0 Å². The minimum absolute atomic E-state index is 0.452. The van der Waals surface area contributed by atoms with Crippen LogP contribution >= 0.6 is 0 Å². The molecule has 0 amide bonds. The lowest BCUT2D eigenvalue weighted by atomic mass is 9.98. The van der Waals surface area contributed by atoms with Gasteiger partial charge in [-0.1, -0.05) is 6.08 Å². The number of fused-ring (bicyclic) bond motifs is 4. The van der Waals surface area contributed by atoms with Crippen molar-refractivity contribution in [2.45, 2.75) is 64.2 Å². The van der Waals surface area contributed by atoms with Crippen LogP contribution in [0, 0.1) is 6.92 Å². The molecule has 3 aliphatic heterocycles. The topological polar surface area (TPSA) is 50.1 Å². The van der Waals surface area contributed by atoms with E-state index in [1.165, 1.54) is 48.2 Å². The minimum Gasteiger partial charge on any atom is -0.341 e. The monoisotopic (exact) mass is 364 g/mol. The Kier molecular flexibility index (Phi) is 4.23. The van der Waals surface area contributed by atoms with Crippen molar-refractivity contribution < 1.29 is 0 Å². The molecule has 2 saturated heterocycles. The molecule has 5 rings (SSSR count). The molecule has 2 aromatic rings. The number of hydrogen-bond acceptors (Lipinski definition) is 5. The van der Waals surface area contributed by atoms with Crippen LogP contribution in [0.25, 0.3) is 0 Å². The molecule has 2 unspecified atom stereocenters. The normalized spacial score (nSPS) is 24.4. The van der Waals surface area contributed by atoms with Crippen molar-refractivity contribution in [3.8, 4) is 0 Å². The molecule has 2 bridgehead atoms. The van der Waals surface area contributed by atoms with Crippen LogP contribution < -0.4 is 4.90 Å². The molecule has 2 fully saturated rings. The van der Waals surface area contributed by atoms with Crippen LogP contribution in [-0.2, 0) is 19.5 Å². The van der Waals surface area contributed by atoms with E-state index in [-0.39, 0.29) is 0 Å². The highest BCUT2D eigenvalue weighted by Crippen LogP contribution is 2.44. The first-order valence-corrected chi connectivity index (χ1v) is 10.2. The first-order valence-electron chi connectivity index (χ1n) is 10.2. The van der Waals surface area contributed by atoms with Crippen molar-refractivity contribution in [3.05, 3.63) is 47.6 Å². The van der Waals surface area contributed by atoms with Crippen LogP contribution in [0.2, 0.25) is 0 Å². The summed E-state index contributed by atoms with van der Waals surface area (Å²) in [7, 11) is 0. The summed E-state index contributed by atoms with van der Waals surface area (Å²) in [4.78, 5) is 14.7. The molecule has 0 aromatic carbocycles. The van der Waals surface area contributed by atoms with Crippen LogP contribution in [-0.4, -0.2) is 43.8 Å². The molecule has 2 aromatic heterocycles. The number of nitrogens with zero attached hydrogens (tertiary/aromatic N) is 6. The Hall–Kier alpha value is -2.21. The van der Waals surface area contributed by atoms with Gasteiger partial charge in [-0.3, -0.25) is 9.58 Å².